The van der Waals surface area contributed by atoms with Crippen molar-refractivity contribution in [2.45, 2.75) is 64.9 Å². The van der Waals surface area contributed by atoms with Gasteiger partial charge in [0.05, 0.1) is 19.3 Å². The Kier molecular flexibility index (Phi) is 4.52. The highest BCUT2D eigenvalue weighted by atomic mass is 16.5. The minimum atomic E-state index is -0.171. The predicted molar refractivity (Wildman–Crippen MR) is 109 cm³/mol. The smallest absolute Gasteiger partial charge is 0.166 e. The SMILES string of the molecule is C[C@]12CC[C@H](O)CC1=CC[C@@H]1[C@@H]2CC[C@]2(C)C(=O)/C(=C\N3CCOCC3)C[C@@H]12. The normalized spacial score (nSPS) is 47.4. The van der Waals surface area contributed by atoms with E-state index >= 15 is 0 Å². The highest BCUT2D eigenvalue weighted by Gasteiger charge is 2.59. The number of ketones is 1. The summed E-state index contributed by atoms with van der Waals surface area (Å²) in [5, 5.41) is 10.2. The summed E-state index contributed by atoms with van der Waals surface area (Å²) in [5.74, 6) is 2.19. The fourth-order valence-corrected chi connectivity index (χ4v) is 7.36. The molecule has 0 amide bonds. The molecule has 4 aliphatic carbocycles. The fourth-order valence-electron chi connectivity index (χ4n) is 7.36. The van der Waals surface area contributed by atoms with Gasteiger partial charge in [-0.2, -0.15) is 0 Å². The van der Waals surface area contributed by atoms with Crippen LogP contribution < -0.4 is 0 Å². The zero-order chi connectivity index (χ0) is 19.5. The molecule has 0 aromatic rings. The Bertz CT molecular complexity index is 721. The lowest BCUT2D eigenvalue weighted by atomic mass is 9.48. The summed E-state index contributed by atoms with van der Waals surface area (Å²) in [7, 11) is 0. The van der Waals surface area contributed by atoms with Crippen molar-refractivity contribution in [2.75, 3.05) is 26.3 Å². The van der Waals surface area contributed by atoms with E-state index in [0.29, 0.717) is 23.5 Å². The van der Waals surface area contributed by atoms with E-state index < -0.39 is 0 Å². The molecular formula is C24H35NO3. The molecule has 1 aliphatic heterocycles. The molecule has 3 saturated carbocycles. The third-order valence-electron chi connectivity index (χ3n) is 9.10. The van der Waals surface area contributed by atoms with Crippen molar-refractivity contribution in [2.24, 2.45) is 28.6 Å². The summed E-state index contributed by atoms with van der Waals surface area (Å²) in [6.45, 7) is 8.03. The van der Waals surface area contributed by atoms with E-state index in [1.807, 2.05) is 0 Å². The second-order valence-electron chi connectivity index (χ2n) is 10.4. The van der Waals surface area contributed by atoms with Crippen molar-refractivity contribution in [1.29, 1.82) is 0 Å². The summed E-state index contributed by atoms with van der Waals surface area (Å²) in [6.07, 6.45) is 11.6. The number of hydrogen-bond donors (Lipinski definition) is 1. The summed E-state index contributed by atoms with van der Waals surface area (Å²) < 4.78 is 5.46. The van der Waals surface area contributed by atoms with Gasteiger partial charge < -0.3 is 14.7 Å². The first kappa shape index (κ1) is 18.9. The van der Waals surface area contributed by atoms with Crippen molar-refractivity contribution >= 4 is 5.78 Å². The fraction of sp³-hybridized carbons (Fsp3) is 0.792. The molecule has 0 spiro atoms. The first-order valence-electron chi connectivity index (χ1n) is 11.4. The standard InChI is InChI=1S/C24H35NO3/c1-23-7-5-18(26)14-17(23)3-4-19-20(23)6-8-24(2)21(19)13-16(22(24)27)15-25-9-11-28-12-10-25/h3,15,18-21,26H,4-14H2,1-2H3/b16-15-/t18-,19+,20-,21-,23-,24-/m0/s1. The number of morpholine rings is 1. The molecule has 0 aromatic carbocycles. The van der Waals surface area contributed by atoms with Gasteiger partial charge in [-0.3, -0.25) is 4.79 Å². The number of carbonyl (C=O) groups excluding carboxylic acids is 1. The predicted octanol–water partition coefficient (Wildman–Crippen LogP) is 3.71. The van der Waals surface area contributed by atoms with E-state index in [0.717, 1.165) is 76.8 Å². The van der Waals surface area contributed by atoms with Gasteiger partial charge in [-0.25, -0.2) is 0 Å². The maximum atomic E-state index is 13.4. The van der Waals surface area contributed by atoms with Gasteiger partial charge in [0.25, 0.3) is 0 Å². The minimum absolute atomic E-state index is 0.152. The molecule has 0 bridgehead atoms. The van der Waals surface area contributed by atoms with Crippen LogP contribution >= 0.6 is 0 Å². The third kappa shape index (κ3) is 2.74. The average molecular weight is 386 g/mol. The van der Waals surface area contributed by atoms with Gasteiger partial charge in [0.2, 0.25) is 0 Å². The lowest BCUT2D eigenvalue weighted by Crippen LogP contribution is -2.50. The van der Waals surface area contributed by atoms with Crippen LogP contribution in [-0.4, -0.2) is 48.2 Å². The van der Waals surface area contributed by atoms with Crippen LogP contribution in [0.3, 0.4) is 0 Å². The topological polar surface area (TPSA) is 49.8 Å². The van der Waals surface area contributed by atoms with Crippen molar-refractivity contribution < 1.29 is 14.6 Å². The van der Waals surface area contributed by atoms with E-state index in [-0.39, 0.29) is 16.9 Å². The molecule has 1 N–H and O–H groups in total. The summed E-state index contributed by atoms with van der Waals surface area (Å²) in [5.41, 5.74) is 2.64. The van der Waals surface area contributed by atoms with Crippen LogP contribution in [0, 0.1) is 28.6 Å². The highest BCUT2D eigenvalue weighted by Crippen LogP contribution is 2.64. The maximum absolute atomic E-state index is 13.4. The van der Waals surface area contributed by atoms with Gasteiger partial charge in [0, 0.05) is 30.3 Å². The van der Waals surface area contributed by atoms with Gasteiger partial charge in [0.15, 0.2) is 5.78 Å². The first-order chi connectivity index (χ1) is 13.4. The molecule has 0 aromatic heterocycles. The summed E-state index contributed by atoms with van der Waals surface area (Å²) in [4.78, 5) is 15.7. The molecule has 1 heterocycles. The van der Waals surface area contributed by atoms with Crippen molar-refractivity contribution in [3.8, 4) is 0 Å². The second kappa shape index (κ2) is 6.70. The molecule has 28 heavy (non-hydrogen) atoms. The van der Waals surface area contributed by atoms with Crippen molar-refractivity contribution in [3.05, 3.63) is 23.4 Å². The number of aliphatic hydroxyl groups is 1. The number of hydrogen-bond acceptors (Lipinski definition) is 4. The van der Waals surface area contributed by atoms with Gasteiger partial charge in [-0.15, -0.1) is 0 Å². The monoisotopic (exact) mass is 385 g/mol. The highest BCUT2D eigenvalue weighted by molar-refractivity contribution is 6.02. The molecular weight excluding hydrogens is 350 g/mol. The second-order valence-corrected chi connectivity index (χ2v) is 10.4. The number of rotatable bonds is 1. The van der Waals surface area contributed by atoms with Crippen LogP contribution in [0.2, 0.25) is 0 Å². The van der Waals surface area contributed by atoms with Gasteiger partial charge in [-0.05, 0) is 68.1 Å². The lowest BCUT2D eigenvalue weighted by Gasteiger charge is -2.56. The first-order valence-corrected chi connectivity index (χ1v) is 11.4. The summed E-state index contributed by atoms with van der Waals surface area (Å²) >= 11 is 0. The van der Waals surface area contributed by atoms with Crippen molar-refractivity contribution in [1.82, 2.24) is 4.90 Å². The number of ether oxygens (including phenoxy) is 1. The van der Waals surface area contributed by atoms with Crippen LogP contribution in [0.25, 0.3) is 0 Å². The van der Waals surface area contributed by atoms with Gasteiger partial charge in [-0.1, -0.05) is 25.5 Å². The number of fused-ring (bicyclic) bond motifs is 5. The molecule has 5 rings (SSSR count). The number of nitrogens with zero attached hydrogens (tertiary/aromatic N) is 1. The number of Topliss-reactive ketones (excluding diaryl/α,β-unsaturated/α-hetero) is 1. The van der Waals surface area contributed by atoms with E-state index in [4.69, 9.17) is 4.74 Å². The zero-order valence-corrected chi connectivity index (χ0v) is 17.5. The molecule has 1 saturated heterocycles. The van der Waals surface area contributed by atoms with E-state index in [2.05, 4.69) is 31.0 Å². The van der Waals surface area contributed by atoms with E-state index in [9.17, 15) is 9.90 Å². The molecule has 4 nitrogen and oxygen atoms in total. The van der Waals surface area contributed by atoms with Crippen LogP contribution in [0.5, 0.6) is 0 Å². The van der Waals surface area contributed by atoms with E-state index in [1.165, 1.54) is 5.57 Å². The quantitative estimate of drug-likeness (QED) is 0.552. The number of allylic oxidation sites excluding steroid dienone is 2. The summed E-state index contributed by atoms with van der Waals surface area (Å²) in [6, 6.07) is 0. The lowest BCUT2D eigenvalue weighted by molar-refractivity contribution is -0.130. The van der Waals surface area contributed by atoms with Crippen molar-refractivity contribution in [3.63, 3.8) is 0 Å². The third-order valence-corrected chi connectivity index (χ3v) is 9.10. The minimum Gasteiger partial charge on any atom is -0.393 e. The zero-order valence-electron chi connectivity index (χ0n) is 17.5. The van der Waals surface area contributed by atoms with Crippen LogP contribution in [-0.2, 0) is 9.53 Å². The van der Waals surface area contributed by atoms with Crippen LogP contribution in [0.1, 0.15) is 58.8 Å². The van der Waals surface area contributed by atoms with Crippen LogP contribution in [0.4, 0.5) is 0 Å². The van der Waals surface area contributed by atoms with Gasteiger partial charge >= 0.3 is 0 Å². The van der Waals surface area contributed by atoms with E-state index in [1.54, 1.807) is 0 Å². The molecule has 5 aliphatic rings. The van der Waals surface area contributed by atoms with Crippen LogP contribution in [0.15, 0.2) is 23.4 Å². The largest absolute Gasteiger partial charge is 0.393 e. The average Bonchev–Trinajstić information content (AvgIpc) is 2.94. The Morgan fingerprint density at radius 1 is 1.11 bits per heavy atom. The Morgan fingerprint density at radius 3 is 2.64 bits per heavy atom. The molecule has 4 heteroatoms. The number of carbonyl (C=O) groups is 1. The number of aliphatic hydroxyl groups excluding tert-OH is 1. The Hall–Kier alpha value is -1.13. The molecule has 0 radical (unpaired) electrons. The molecule has 0 unspecified atom stereocenters. The molecule has 6 atom stereocenters. The Balaban J connectivity index is 1.43. The maximum Gasteiger partial charge on any atom is 0.166 e. The molecule has 154 valence electrons. The van der Waals surface area contributed by atoms with Gasteiger partial charge in [0.1, 0.15) is 0 Å². The molecule has 4 fully saturated rings. The Labute approximate surface area is 169 Å². The Morgan fingerprint density at radius 2 is 1.86 bits per heavy atom.